The van der Waals surface area contributed by atoms with Crippen LogP contribution in [0.1, 0.15) is 68.3 Å². The lowest BCUT2D eigenvalue weighted by Gasteiger charge is -2.31. The van der Waals surface area contributed by atoms with Gasteiger partial charge in [0.05, 0.1) is 6.26 Å². The molecule has 0 bridgehead atoms. The van der Waals surface area contributed by atoms with Gasteiger partial charge in [0.15, 0.2) is 5.76 Å². The van der Waals surface area contributed by atoms with Gasteiger partial charge in [-0.3, -0.25) is 9.59 Å². The Hall–Kier alpha value is -2.51. The maximum Gasteiger partial charge on any atom is 0.315 e. The molecule has 3 N–H and O–H groups in total. The molecule has 1 aromatic rings. The highest BCUT2D eigenvalue weighted by molar-refractivity contribution is 5.91. The number of rotatable bonds is 7. The maximum atomic E-state index is 12.3. The van der Waals surface area contributed by atoms with Crippen molar-refractivity contribution < 1.29 is 18.8 Å². The summed E-state index contributed by atoms with van der Waals surface area (Å²) in [6.45, 7) is 1.70. The van der Waals surface area contributed by atoms with E-state index in [9.17, 15) is 14.4 Å². The Balaban J connectivity index is 1.24. The molecule has 1 aromatic heterocycles. The number of likely N-dealkylation sites (tertiary alicyclic amines) is 1. The molecule has 2 fully saturated rings. The average molecular weight is 405 g/mol. The minimum atomic E-state index is -0.133. The van der Waals surface area contributed by atoms with Crippen LogP contribution in [-0.2, 0) is 4.79 Å². The van der Waals surface area contributed by atoms with E-state index in [0.717, 1.165) is 25.7 Å². The normalized spacial score (nSPS) is 18.3. The summed E-state index contributed by atoms with van der Waals surface area (Å²) in [5.74, 6) is 0.250. The molecule has 3 rings (SSSR count). The van der Waals surface area contributed by atoms with Crippen molar-refractivity contribution in [2.75, 3.05) is 19.6 Å². The van der Waals surface area contributed by atoms with Crippen LogP contribution in [0.5, 0.6) is 0 Å². The van der Waals surface area contributed by atoms with Crippen LogP contribution in [0.25, 0.3) is 0 Å². The van der Waals surface area contributed by atoms with E-state index in [0.29, 0.717) is 38.2 Å². The lowest BCUT2D eigenvalue weighted by Crippen LogP contribution is -2.46. The fourth-order valence-corrected chi connectivity index (χ4v) is 4.02. The van der Waals surface area contributed by atoms with Crippen LogP contribution < -0.4 is 16.0 Å². The molecule has 1 aliphatic heterocycles. The topological polar surface area (TPSA) is 104 Å². The Morgan fingerprint density at radius 3 is 2.41 bits per heavy atom. The number of hydrogen-bond donors (Lipinski definition) is 3. The van der Waals surface area contributed by atoms with Gasteiger partial charge in [0, 0.05) is 38.1 Å². The van der Waals surface area contributed by atoms with E-state index < -0.39 is 0 Å². The average Bonchev–Trinajstić information content (AvgIpc) is 3.27. The lowest BCUT2D eigenvalue weighted by atomic mass is 9.96. The molecule has 2 aliphatic rings. The summed E-state index contributed by atoms with van der Waals surface area (Å²) in [7, 11) is 0. The van der Waals surface area contributed by atoms with Crippen LogP contribution >= 0.6 is 0 Å². The smallest absolute Gasteiger partial charge is 0.315 e. The first kappa shape index (κ1) is 21.2. The van der Waals surface area contributed by atoms with Gasteiger partial charge < -0.3 is 25.3 Å². The number of urea groups is 1. The molecular weight excluding hydrogens is 372 g/mol. The number of hydrogen-bond acceptors (Lipinski definition) is 4. The lowest BCUT2D eigenvalue weighted by molar-refractivity contribution is -0.122. The summed E-state index contributed by atoms with van der Waals surface area (Å²) in [6, 6.07) is 3.61. The first-order valence-corrected chi connectivity index (χ1v) is 10.8. The summed E-state index contributed by atoms with van der Waals surface area (Å²) in [5, 5.41) is 8.88. The summed E-state index contributed by atoms with van der Waals surface area (Å²) in [4.78, 5) is 38.0. The maximum absolute atomic E-state index is 12.3. The van der Waals surface area contributed by atoms with Gasteiger partial charge in [-0.2, -0.15) is 0 Å². The SMILES string of the molecule is O=C(CCCNC(=O)NC1CCCCC1)NC1CCN(C(=O)c2ccco2)CC1. The van der Waals surface area contributed by atoms with E-state index in [1.807, 2.05) is 0 Å². The molecule has 1 aliphatic carbocycles. The Morgan fingerprint density at radius 2 is 1.72 bits per heavy atom. The molecule has 0 atom stereocenters. The van der Waals surface area contributed by atoms with Crippen molar-refractivity contribution in [1.29, 1.82) is 0 Å². The second-order valence-corrected chi connectivity index (χ2v) is 7.95. The molecule has 160 valence electrons. The Bertz CT molecular complexity index is 662. The van der Waals surface area contributed by atoms with Crippen LogP contribution in [0.3, 0.4) is 0 Å². The van der Waals surface area contributed by atoms with E-state index in [1.54, 1.807) is 17.0 Å². The molecular formula is C21H32N4O4. The quantitative estimate of drug-likeness (QED) is 0.607. The van der Waals surface area contributed by atoms with Gasteiger partial charge >= 0.3 is 6.03 Å². The highest BCUT2D eigenvalue weighted by Crippen LogP contribution is 2.17. The van der Waals surface area contributed by atoms with E-state index >= 15 is 0 Å². The van der Waals surface area contributed by atoms with Gasteiger partial charge in [0.25, 0.3) is 5.91 Å². The van der Waals surface area contributed by atoms with Crippen molar-refractivity contribution in [3.8, 4) is 0 Å². The number of furan rings is 1. The predicted octanol–water partition coefficient (Wildman–Crippen LogP) is 2.41. The molecule has 0 unspecified atom stereocenters. The van der Waals surface area contributed by atoms with Crippen molar-refractivity contribution >= 4 is 17.8 Å². The van der Waals surface area contributed by atoms with Gasteiger partial charge in [-0.1, -0.05) is 19.3 Å². The molecule has 29 heavy (non-hydrogen) atoms. The van der Waals surface area contributed by atoms with Crippen molar-refractivity contribution in [3.63, 3.8) is 0 Å². The monoisotopic (exact) mass is 404 g/mol. The van der Waals surface area contributed by atoms with Gasteiger partial charge in [0.2, 0.25) is 5.91 Å². The number of nitrogens with one attached hydrogen (secondary N) is 3. The fourth-order valence-electron chi connectivity index (χ4n) is 4.02. The van der Waals surface area contributed by atoms with Gasteiger partial charge in [-0.05, 0) is 44.2 Å². The Labute approximate surface area is 171 Å². The number of carbonyl (C=O) groups excluding carboxylic acids is 3. The van der Waals surface area contributed by atoms with Crippen molar-refractivity contribution in [2.24, 2.45) is 0 Å². The summed E-state index contributed by atoms with van der Waals surface area (Å²) >= 11 is 0. The fraction of sp³-hybridized carbons (Fsp3) is 0.667. The Kier molecular flexibility index (Phi) is 7.95. The van der Waals surface area contributed by atoms with Crippen LogP contribution in [-0.4, -0.2) is 54.5 Å². The highest BCUT2D eigenvalue weighted by atomic mass is 16.3. The molecule has 4 amide bonds. The number of piperidine rings is 1. The molecule has 0 aromatic carbocycles. The van der Waals surface area contributed by atoms with Crippen molar-refractivity contribution in [2.45, 2.75) is 69.9 Å². The first-order valence-electron chi connectivity index (χ1n) is 10.8. The molecule has 8 nitrogen and oxygen atoms in total. The molecule has 1 saturated carbocycles. The van der Waals surface area contributed by atoms with Crippen LogP contribution in [0.2, 0.25) is 0 Å². The summed E-state index contributed by atoms with van der Waals surface area (Å²) < 4.78 is 5.16. The van der Waals surface area contributed by atoms with Crippen LogP contribution in [0.4, 0.5) is 4.79 Å². The number of carbonyl (C=O) groups is 3. The largest absolute Gasteiger partial charge is 0.459 e. The highest BCUT2D eigenvalue weighted by Gasteiger charge is 2.25. The second-order valence-electron chi connectivity index (χ2n) is 7.95. The third-order valence-electron chi connectivity index (χ3n) is 5.69. The summed E-state index contributed by atoms with van der Waals surface area (Å²) in [5.41, 5.74) is 0. The van der Waals surface area contributed by atoms with Gasteiger partial charge in [-0.25, -0.2) is 4.79 Å². The molecule has 0 spiro atoms. The first-order chi connectivity index (χ1) is 14.1. The third kappa shape index (κ3) is 6.80. The van der Waals surface area contributed by atoms with Crippen LogP contribution in [0.15, 0.2) is 22.8 Å². The van der Waals surface area contributed by atoms with Crippen LogP contribution in [0, 0.1) is 0 Å². The van der Waals surface area contributed by atoms with E-state index in [2.05, 4.69) is 16.0 Å². The zero-order valence-corrected chi connectivity index (χ0v) is 17.0. The zero-order chi connectivity index (χ0) is 20.5. The van der Waals surface area contributed by atoms with E-state index in [4.69, 9.17) is 4.42 Å². The molecule has 1 saturated heterocycles. The van der Waals surface area contributed by atoms with Gasteiger partial charge in [-0.15, -0.1) is 0 Å². The predicted molar refractivity (Wildman–Crippen MR) is 108 cm³/mol. The van der Waals surface area contributed by atoms with Gasteiger partial charge in [0.1, 0.15) is 0 Å². The van der Waals surface area contributed by atoms with E-state index in [-0.39, 0.29) is 29.9 Å². The standard InChI is InChI=1S/C21H32N4O4/c26-19(9-4-12-22-21(28)24-16-6-2-1-3-7-16)23-17-10-13-25(14-11-17)20(27)18-8-5-15-29-18/h5,8,15-17H,1-4,6-7,9-14H2,(H,23,26)(H2,22,24,28). The molecule has 8 heteroatoms. The third-order valence-corrected chi connectivity index (χ3v) is 5.69. The number of amides is 4. The molecule has 2 heterocycles. The minimum Gasteiger partial charge on any atom is -0.459 e. The summed E-state index contributed by atoms with van der Waals surface area (Å²) in [6.07, 6.45) is 9.70. The Morgan fingerprint density at radius 1 is 1.00 bits per heavy atom. The molecule has 0 radical (unpaired) electrons. The van der Waals surface area contributed by atoms with Crippen molar-refractivity contribution in [3.05, 3.63) is 24.2 Å². The van der Waals surface area contributed by atoms with Crippen molar-refractivity contribution in [1.82, 2.24) is 20.9 Å². The number of nitrogens with zero attached hydrogens (tertiary/aromatic N) is 1. The van der Waals surface area contributed by atoms with E-state index in [1.165, 1.54) is 25.5 Å². The second kappa shape index (κ2) is 10.9. The zero-order valence-electron chi connectivity index (χ0n) is 17.0. The minimum absolute atomic E-state index is 0.00435.